The molecule has 0 spiro atoms. The van der Waals surface area contributed by atoms with Crippen LogP contribution in [0, 0.1) is 0 Å². The van der Waals surface area contributed by atoms with Gasteiger partial charge in [-0.15, -0.1) is 11.8 Å². The van der Waals surface area contributed by atoms with E-state index in [-0.39, 0.29) is 5.91 Å². The van der Waals surface area contributed by atoms with Crippen LogP contribution in [0.15, 0.2) is 53.4 Å². The normalized spacial score (nSPS) is 10.5. The molecule has 2 nitrogen and oxygen atoms in total. The van der Waals surface area contributed by atoms with Gasteiger partial charge in [-0.3, -0.25) is 4.79 Å². The highest BCUT2D eigenvalue weighted by atomic mass is 32.2. The van der Waals surface area contributed by atoms with E-state index < -0.39 is 0 Å². The van der Waals surface area contributed by atoms with Crippen LogP contribution in [0.1, 0.15) is 42.1 Å². The molecule has 116 valence electrons. The molecule has 2 rings (SSSR count). The summed E-state index contributed by atoms with van der Waals surface area (Å²) in [4.78, 5) is 13.4. The molecular formula is C19H23NOS. The van der Waals surface area contributed by atoms with Crippen LogP contribution < -0.4 is 5.32 Å². The SMILES string of the molecule is CCCCCc1ccc(NC(=O)c2ccccc2SC)cc1. The summed E-state index contributed by atoms with van der Waals surface area (Å²) in [6, 6.07) is 15.9. The van der Waals surface area contributed by atoms with Crippen LogP contribution in [-0.4, -0.2) is 12.2 Å². The van der Waals surface area contributed by atoms with Gasteiger partial charge in [0.2, 0.25) is 0 Å². The van der Waals surface area contributed by atoms with Gasteiger partial charge in [-0.25, -0.2) is 0 Å². The molecule has 0 aliphatic rings. The van der Waals surface area contributed by atoms with Crippen molar-refractivity contribution >= 4 is 23.4 Å². The van der Waals surface area contributed by atoms with Crippen LogP contribution in [0.5, 0.6) is 0 Å². The molecule has 0 atom stereocenters. The molecule has 1 amide bonds. The number of rotatable bonds is 7. The van der Waals surface area contributed by atoms with Crippen molar-refractivity contribution in [2.75, 3.05) is 11.6 Å². The number of unbranched alkanes of at least 4 members (excludes halogenated alkanes) is 2. The van der Waals surface area contributed by atoms with Crippen LogP contribution >= 0.6 is 11.8 Å². The molecule has 0 unspecified atom stereocenters. The fourth-order valence-corrected chi connectivity index (χ4v) is 2.96. The van der Waals surface area contributed by atoms with Gasteiger partial charge in [0.25, 0.3) is 5.91 Å². The maximum atomic E-state index is 12.4. The minimum atomic E-state index is -0.0521. The summed E-state index contributed by atoms with van der Waals surface area (Å²) in [6.45, 7) is 2.21. The molecule has 1 N–H and O–H groups in total. The molecule has 0 heterocycles. The second kappa shape index (κ2) is 8.64. The van der Waals surface area contributed by atoms with E-state index in [1.165, 1.54) is 24.8 Å². The number of nitrogens with one attached hydrogen (secondary N) is 1. The highest BCUT2D eigenvalue weighted by Gasteiger charge is 2.10. The third-order valence-electron chi connectivity index (χ3n) is 3.63. The average Bonchev–Trinajstić information content (AvgIpc) is 2.56. The van der Waals surface area contributed by atoms with Crippen LogP contribution in [0.4, 0.5) is 5.69 Å². The van der Waals surface area contributed by atoms with E-state index in [1.54, 1.807) is 11.8 Å². The summed E-state index contributed by atoms with van der Waals surface area (Å²) < 4.78 is 0. The van der Waals surface area contributed by atoms with Crippen molar-refractivity contribution in [3.05, 3.63) is 59.7 Å². The number of amides is 1. The summed E-state index contributed by atoms with van der Waals surface area (Å²) in [5, 5.41) is 2.98. The molecule has 0 fully saturated rings. The molecule has 22 heavy (non-hydrogen) atoms. The summed E-state index contributed by atoms with van der Waals surface area (Å²) in [5.74, 6) is -0.0521. The Labute approximate surface area is 137 Å². The number of hydrogen-bond donors (Lipinski definition) is 1. The lowest BCUT2D eigenvalue weighted by atomic mass is 10.1. The molecule has 0 aliphatic heterocycles. The summed E-state index contributed by atoms with van der Waals surface area (Å²) in [5.41, 5.74) is 2.90. The molecule has 2 aromatic carbocycles. The molecular weight excluding hydrogens is 290 g/mol. The van der Waals surface area contributed by atoms with Crippen molar-refractivity contribution in [1.82, 2.24) is 0 Å². The first-order chi connectivity index (χ1) is 10.7. The first-order valence-electron chi connectivity index (χ1n) is 7.78. The van der Waals surface area contributed by atoms with Gasteiger partial charge in [0, 0.05) is 10.6 Å². The van der Waals surface area contributed by atoms with E-state index in [2.05, 4.69) is 24.4 Å². The number of hydrogen-bond acceptors (Lipinski definition) is 2. The van der Waals surface area contributed by atoms with Gasteiger partial charge in [0.15, 0.2) is 0 Å². The Balaban J connectivity index is 1.99. The number of thioether (sulfide) groups is 1. The van der Waals surface area contributed by atoms with Crippen LogP contribution in [0.2, 0.25) is 0 Å². The van der Waals surface area contributed by atoms with Gasteiger partial charge < -0.3 is 5.32 Å². The highest BCUT2D eigenvalue weighted by molar-refractivity contribution is 7.98. The fourth-order valence-electron chi connectivity index (χ4n) is 2.36. The molecule has 0 bridgehead atoms. The molecule has 0 aromatic heterocycles. The predicted molar refractivity (Wildman–Crippen MR) is 95.8 cm³/mol. The lowest BCUT2D eigenvalue weighted by Crippen LogP contribution is -2.12. The lowest BCUT2D eigenvalue weighted by molar-refractivity contribution is 0.102. The van der Waals surface area contributed by atoms with Crippen LogP contribution in [-0.2, 0) is 6.42 Å². The second-order valence-electron chi connectivity index (χ2n) is 5.31. The van der Waals surface area contributed by atoms with Crippen molar-refractivity contribution in [2.45, 2.75) is 37.5 Å². The number of carbonyl (C=O) groups is 1. The first kappa shape index (κ1) is 16.6. The maximum absolute atomic E-state index is 12.4. The summed E-state index contributed by atoms with van der Waals surface area (Å²) in [6.07, 6.45) is 6.82. The molecule has 0 saturated carbocycles. The van der Waals surface area contributed by atoms with Gasteiger partial charge in [-0.05, 0) is 48.9 Å². The number of aryl methyl sites for hydroxylation is 1. The van der Waals surface area contributed by atoms with Crippen molar-refractivity contribution < 1.29 is 4.79 Å². The van der Waals surface area contributed by atoms with E-state index >= 15 is 0 Å². The van der Waals surface area contributed by atoms with E-state index in [0.29, 0.717) is 0 Å². The molecule has 0 radical (unpaired) electrons. The summed E-state index contributed by atoms with van der Waals surface area (Å²) >= 11 is 1.59. The Morgan fingerprint density at radius 3 is 2.45 bits per heavy atom. The van der Waals surface area contributed by atoms with Crippen molar-refractivity contribution in [1.29, 1.82) is 0 Å². The smallest absolute Gasteiger partial charge is 0.256 e. The van der Waals surface area contributed by atoms with Crippen molar-refractivity contribution in [2.24, 2.45) is 0 Å². The van der Waals surface area contributed by atoms with E-state index in [9.17, 15) is 4.79 Å². The Morgan fingerprint density at radius 2 is 1.77 bits per heavy atom. The van der Waals surface area contributed by atoms with Gasteiger partial charge in [-0.1, -0.05) is 44.0 Å². The number of benzene rings is 2. The zero-order chi connectivity index (χ0) is 15.8. The standard InChI is InChI=1S/C19H23NOS/c1-3-4-5-8-15-11-13-16(14-12-15)20-19(21)17-9-6-7-10-18(17)22-2/h6-7,9-14H,3-5,8H2,1-2H3,(H,20,21). The Kier molecular flexibility index (Phi) is 6.53. The molecule has 0 saturated heterocycles. The quantitative estimate of drug-likeness (QED) is 0.548. The monoisotopic (exact) mass is 313 g/mol. The van der Waals surface area contributed by atoms with Gasteiger partial charge in [0.05, 0.1) is 5.56 Å². The van der Waals surface area contributed by atoms with Gasteiger partial charge >= 0.3 is 0 Å². The minimum absolute atomic E-state index is 0.0521. The zero-order valence-electron chi connectivity index (χ0n) is 13.3. The maximum Gasteiger partial charge on any atom is 0.256 e. The predicted octanol–water partition coefficient (Wildman–Crippen LogP) is 5.39. The zero-order valence-corrected chi connectivity index (χ0v) is 14.1. The van der Waals surface area contributed by atoms with E-state index in [4.69, 9.17) is 0 Å². The lowest BCUT2D eigenvalue weighted by Gasteiger charge is -2.09. The van der Waals surface area contributed by atoms with E-state index in [0.717, 1.165) is 22.6 Å². The minimum Gasteiger partial charge on any atom is -0.322 e. The van der Waals surface area contributed by atoms with Gasteiger partial charge in [-0.2, -0.15) is 0 Å². The number of carbonyl (C=O) groups excluding carboxylic acids is 1. The largest absolute Gasteiger partial charge is 0.322 e. The third kappa shape index (κ3) is 4.63. The molecule has 2 aromatic rings. The Hall–Kier alpha value is -1.74. The van der Waals surface area contributed by atoms with E-state index in [1.807, 2.05) is 42.7 Å². The second-order valence-corrected chi connectivity index (χ2v) is 6.16. The fraction of sp³-hybridized carbons (Fsp3) is 0.316. The number of anilines is 1. The highest BCUT2D eigenvalue weighted by Crippen LogP contribution is 2.21. The Morgan fingerprint density at radius 1 is 1.05 bits per heavy atom. The van der Waals surface area contributed by atoms with Crippen LogP contribution in [0.25, 0.3) is 0 Å². The van der Waals surface area contributed by atoms with Crippen LogP contribution in [0.3, 0.4) is 0 Å². The third-order valence-corrected chi connectivity index (χ3v) is 4.43. The molecule has 3 heteroatoms. The average molecular weight is 313 g/mol. The molecule has 0 aliphatic carbocycles. The summed E-state index contributed by atoms with van der Waals surface area (Å²) in [7, 11) is 0. The Bertz CT molecular complexity index is 607. The van der Waals surface area contributed by atoms with Crippen molar-refractivity contribution in [3.8, 4) is 0 Å². The van der Waals surface area contributed by atoms with Gasteiger partial charge in [0.1, 0.15) is 0 Å². The topological polar surface area (TPSA) is 29.1 Å². The van der Waals surface area contributed by atoms with Crippen molar-refractivity contribution in [3.63, 3.8) is 0 Å². The first-order valence-corrected chi connectivity index (χ1v) is 9.00.